The van der Waals surface area contributed by atoms with E-state index in [1.165, 1.54) is 6.92 Å². The molecule has 2 unspecified atom stereocenters. The molecule has 2 atom stereocenters. The summed E-state index contributed by atoms with van der Waals surface area (Å²) in [5, 5.41) is 2.78. The van der Waals surface area contributed by atoms with Gasteiger partial charge in [-0.3, -0.25) is 4.79 Å². The number of hydrogen-bond acceptors (Lipinski definition) is 4. The average molecular weight is 278 g/mol. The van der Waals surface area contributed by atoms with Crippen LogP contribution >= 0.6 is 0 Å². The van der Waals surface area contributed by atoms with E-state index in [1.807, 2.05) is 57.1 Å². The van der Waals surface area contributed by atoms with Crippen molar-refractivity contribution < 1.29 is 14.3 Å². The molecule has 1 amide bonds. The normalized spacial score (nSPS) is 29.2. The Bertz CT molecular complexity index is 474. The van der Waals surface area contributed by atoms with Gasteiger partial charge in [-0.1, -0.05) is 0 Å². The van der Waals surface area contributed by atoms with Gasteiger partial charge in [-0.2, -0.15) is 0 Å². The molecule has 1 N–H and O–H groups in total. The van der Waals surface area contributed by atoms with Gasteiger partial charge in [-0.05, 0) is 38.1 Å². The standard InChI is InChI=1S/C15H22N2O3/c1-10-11(2)20-15(19-10,16-12(3)18)13-6-8-14(9-7-13)17(4)5/h6-11H,1-5H3,(H,16,18). The molecule has 0 aliphatic carbocycles. The Balaban J connectivity index is 2.34. The fourth-order valence-electron chi connectivity index (χ4n) is 2.22. The summed E-state index contributed by atoms with van der Waals surface area (Å²) in [7, 11) is 3.95. The molecular formula is C15H22N2O3. The lowest BCUT2D eigenvalue weighted by molar-refractivity contribution is -0.206. The second-order valence-corrected chi connectivity index (χ2v) is 5.39. The van der Waals surface area contributed by atoms with Crippen molar-refractivity contribution in [3.63, 3.8) is 0 Å². The summed E-state index contributed by atoms with van der Waals surface area (Å²) in [5.74, 6) is -1.38. The molecule has 1 aromatic carbocycles. The maximum absolute atomic E-state index is 11.5. The minimum atomic E-state index is -1.19. The maximum atomic E-state index is 11.5. The summed E-state index contributed by atoms with van der Waals surface area (Å²) in [6, 6.07) is 7.77. The van der Waals surface area contributed by atoms with Crippen molar-refractivity contribution in [3.8, 4) is 0 Å². The molecule has 0 bridgehead atoms. The molecule has 0 saturated carbocycles. The van der Waals surface area contributed by atoms with Crippen LogP contribution in [0.5, 0.6) is 0 Å². The Morgan fingerprint density at radius 3 is 2.05 bits per heavy atom. The minimum absolute atomic E-state index is 0.0876. The van der Waals surface area contributed by atoms with E-state index in [-0.39, 0.29) is 18.1 Å². The van der Waals surface area contributed by atoms with Gasteiger partial charge in [0.1, 0.15) is 0 Å². The summed E-state index contributed by atoms with van der Waals surface area (Å²) in [6.07, 6.45) is -0.175. The first-order valence-corrected chi connectivity index (χ1v) is 6.76. The highest BCUT2D eigenvalue weighted by Gasteiger charge is 2.46. The zero-order valence-electron chi connectivity index (χ0n) is 12.6. The van der Waals surface area contributed by atoms with Crippen LogP contribution in [0.1, 0.15) is 26.3 Å². The largest absolute Gasteiger partial charge is 0.378 e. The number of nitrogens with one attached hydrogen (secondary N) is 1. The van der Waals surface area contributed by atoms with Crippen LogP contribution in [0.4, 0.5) is 5.69 Å². The van der Waals surface area contributed by atoms with Crippen molar-refractivity contribution in [2.24, 2.45) is 0 Å². The first-order valence-electron chi connectivity index (χ1n) is 6.76. The molecule has 1 aliphatic heterocycles. The smallest absolute Gasteiger partial charge is 0.280 e. The number of nitrogens with zero attached hydrogens (tertiary/aromatic N) is 1. The number of rotatable bonds is 3. The van der Waals surface area contributed by atoms with Crippen LogP contribution in [0.2, 0.25) is 0 Å². The van der Waals surface area contributed by atoms with Crippen molar-refractivity contribution in [2.75, 3.05) is 19.0 Å². The highest BCUT2D eigenvalue weighted by atomic mass is 16.8. The number of hydrogen-bond donors (Lipinski definition) is 1. The zero-order chi connectivity index (χ0) is 14.9. The number of amides is 1. The fourth-order valence-corrected chi connectivity index (χ4v) is 2.22. The lowest BCUT2D eigenvalue weighted by Crippen LogP contribution is -2.46. The van der Waals surface area contributed by atoms with Gasteiger partial charge in [0.15, 0.2) is 0 Å². The molecule has 0 spiro atoms. The molecule has 1 aromatic rings. The van der Waals surface area contributed by atoms with Crippen molar-refractivity contribution in [3.05, 3.63) is 29.8 Å². The van der Waals surface area contributed by atoms with Crippen molar-refractivity contribution in [2.45, 2.75) is 38.9 Å². The van der Waals surface area contributed by atoms with E-state index < -0.39 is 5.91 Å². The van der Waals surface area contributed by atoms with Gasteiger partial charge in [0.2, 0.25) is 5.91 Å². The molecule has 110 valence electrons. The Morgan fingerprint density at radius 2 is 1.65 bits per heavy atom. The van der Waals surface area contributed by atoms with Crippen molar-refractivity contribution in [1.82, 2.24) is 5.32 Å². The Kier molecular flexibility index (Phi) is 4.01. The van der Waals surface area contributed by atoms with Crippen molar-refractivity contribution >= 4 is 11.6 Å². The van der Waals surface area contributed by atoms with E-state index in [4.69, 9.17) is 9.47 Å². The van der Waals surface area contributed by atoms with E-state index in [0.717, 1.165) is 11.3 Å². The summed E-state index contributed by atoms with van der Waals surface area (Å²) >= 11 is 0. The van der Waals surface area contributed by atoms with Crippen LogP contribution in [-0.2, 0) is 20.2 Å². The first-order chi connectivity index (χ1) is 9.34. The van der Waals surface area contributed by atoms with E-state index in [9.17, 15) is 4.79 Å². The molecule has 5 nitrogen and oxygen atoms in total. The first kappa shape index (κ1) is 14.8. The minimum Gasteiger partial charge on any atom is -0.378 e. The number of carbonyl (C=O) groups excluding carboxylic acids is 1. The fraction of sp³-hybridized carbons (Fsp3) is 0.533. The highest BCUT2D eigenvalue weighted by molar-refractivity contribution is 5.73. The molecular weight excluding hydrogens is 256 g/mol. The number of benzene rings is 1. The lowest BCUT2D eigenvalue weighted by atomic mass is 10.1. The summed E-state index contributed by atoms with van der Waals surface area (Å²) < 4.78 is 11.8. The summed E-state index contributed by atoms with van der Waals surface area (Å²) in [4.78, 5) is 13.5. The van der Waals surface area contributed by atoms with Crippen LogP contribution in [0, 0.1) is 0 Å². The Hall–Kier alpha value is -1.59. The van der Waals surface area contributed by atoms with Crippen LogP contribution < -0.4 is 10.2 Å². The van der Waals surface area contributed by atoms with Crippen LogP contribution in [0.25, 0.3) is 0 Å². The molecule has 1 saturated heterocycles. The third kappa shape index (κ3) is 2.78. The van der Waals surface area contributed by atoms with Gasteiger partial charge >= 0.3 is 0 Å². The highest BCUT2D eigenvalue weighted by Crippen LogP contribution is 2.35. The van der Waals surface area contributed by atoms with Gasteiger partial charge in [0.05, 0.1) is 12.2 Å². The van der Waals surface area contributed by atoms with E-state index in [1.54, 1.807) is 0 Å². The van der Waals surface area contributed by atoms with Crippen LogP contribution in [0.3, 0.4) is 0 Å². The Morgan fingerprint density at radius 1 is 1.15 bits per heavy atom. The predicted molar refractivity (Wildman–Crippen MR) is 77.4 cm³/mol. The van der Waals surface area contributed by atoms with Gasteiger partial charge in [0, 0.05) is 32.3 Å². The number of anilines is 1. The molecule has 20 heavy (non-hydrogen) atoms. The average Bonchev–Trinajstić information content (AvgIpc) is 2.65. The van der Waals surface area contributed by atoms with E-state index >= 15 is 0 Å². The van der Waals surface area contributed by atoms with Gasteiger partial charge in [0.25, 0.3) is 5.91 Å². The predicted octanol–water partition coefficient (Wildman–Crippen LogP) is 1.82. The number of carbonyl (C=O) groups is 1. The van der Waals surface area contributed by atoms with E-state index in [2.05, 4.69) is 5.32 Å². The molecule has 1 heterocycles. The van der Waals surface area contributed by atoms with Crippen LogP contribution in [0.15, 0.2) is 24.3 Å². The topological polar surface area (TPSA) is 50.8 Å². The number of ether oxygens (including phenoxy) is 2. The van der Waals surface area contributed by atoms with Crippen molar-refractivity contribution in [1.29, 1.82) is 0 Å². The third-order valence-electron chi connectivity index (χ3n) is 3.47. The summed E-state index contributed by atoms with van der Waals surface area (Å²) in [6.45, 7) is 5.32. The summed E-state index contributed by atoms with van der Waals surface area (Å²) in [5.41, 5.74) is 1.86. The molecule has 0 radical (unpaired) electrons. The Labute approximate surface area is 119 Å². The van der Waals surface area contributed by atoms with Gasteiger partial charge in [-0.25, -0.2) is 0 Å². The van der Waals surface area contributed by atoms with E-state index in [0.29, 0.717) is 0 Å². The molecule has 1 fully saturated rings. The quantitative estimate of drug-likeness (QED) is 0.916. The monoisotopic (exact) mass is 278 g/mol. The van der Waals surface area contributed by atoms with Crippen LogP contribution in [-0.4, -0.2) is 32.2 Å². The second-order valence-electron chi connectivity index (χ2n) is 5.39. The molecule has 5 heteroatoms. The maximum Gasteiger partial charge on any atom is 0.280 e. The lowest BCUT2D eigenvalue weighted by Gasteiger charge is -2.29. The third-order valence-corrected chi connectivity index (χ3v) is 3.47. The SMILES string of the molecule is CC(=O)NC1(c2ccc(N(C)C)cc2)OC(C)C(C)O1. The molecule has 1 aliphatic rings. The van der Waals surface area contributed by atoms with Gasteiger partial charge < -0.3 is 19.7 Å². The molecule has 0 aromatic heterocycles. The zero-order valence-corrected chi connectivity index (χ0v) is 12.6. The second kappa shape index (κ2) is 5.42. The van der Waals surface area contributed by atoms with Gasteiger partial charge in [-0.15, -0.1) is 0 Å². The molecule has 2 rings (SSSR count).